The van der Waals surface area contributed by atoms with Crippen LogP contribution in [0.2, 0.25) is 0 Å². The van der Waals surface area contributed by atoms with Crippen LogP contribution in [0.15, 0.2) is 146 Å². The lowest BCUT2D eigenvalue weighted by molar-refractivity contribution is 1.08. The molecule has 0 aliphatic heterocycles. The van der Waals surface area contributed by atoms with E-state index in [1.165, 1.54) is 66.0 Å². The summed E-state index contributed by atoms with van der Waals surface area (Å²) in [5, 5.41) is 5.17. The predicted molar refractivity (Wildman–Crippen MR) is 171 cm³/mol. The number of pyridine rings is 1. The fourth-order valence-corrected chi connectivity index (χ4v) is 6.83. The second-order valence-corrected chi connectivity index (χ2v) is 10.7. The molecule has 2 nitrogen and oxygen atoms in total. The van der Waals surface area contributed by atoms with E-state index in [-0.39, 0.29) is 0 Å². The second kappa shape index (κ2) is 8.51. The summed E-state index contributed by atoms with van der Waals surface area (Å²) in [7, 11) is 0. The molecule has 2 aromatic heterocycles. The van der Waals surface area contributed by atoms with Crippen LogP contribution in [0.5, 0.6) is 0 Å². The van der Waals surface area contributed by atoms with Gasteiger partial charge in [0.05, 0.1) is 16.7 Å². The van der Waals surface area contributed by atoms with Gasteiger partial charge in [0.1, 0.15) is 5.82 Å². The molecule has 0 unspecified atom stereocenters. The van der Waals surface area contributed by atoms with Gasteiger partial charge in [-0.25, -0.2) is 4.98 Å². The Morgan fingerprint density at radius 1 is 0.390 bits per heavy atom. The van der Waals surface area contributed by atoms with Gasteiger partial charge in [0, 0.05) is 21.7 Å². The van der Waals surface area contributed by atoms with Crippen LogP contribution in [0, 0.1) is 0 Å². The zero-order chi connectivity index (χ0) is 26.9. The van der Waals surface area contributed by atoms with E-state index in [2.05, 4.69) is 144 Å². The monoisotopic (exact) mass is 520 g/mol. The van der Waals surface area contributed by atoms with E-state index in [1.807, 2.05) is 6.07 Å². The number of nitrogens with zero attached hydrogens (tertiary/aromatic N) is 2. The molecular weight excluding hydrogens is 496 g/mol. The highest BCUT2D eigenvalue weighted by molar-refractivity contribution is 6.32. The number of rotatable bonds is 3. The van der Waals surface area contributed by atoms with Gasteiger partial charge in [-0.3, -0.25) is 4.57 Å². The minimum atomic E-state index is 0.924. The number of hydrogen-bond acceptors (Lipinski definition) is 1. The van der Waals surface area contributed by atoms with Crippen molar-refractivity contribution in [3.05, 3.63) is 146 Å². The zero-order valence-corrected chi connectivity index (χ0v) is 22.3. The molecule has 190 valence electrons. The first-order valence-electron chi connectivity index (χ1n) is 14.1. The van der Waals surface area contributed by atoms with E-state index in [9.17, 15) is 0 Å². The first-order chi connectivity index (χ1) is 20.4. The lowest BCUT2D eigenvalue weighted by atomic mass is 9.90. The molecule has 0 radical (unpaired) electrons. The van der Waals surface area contributed by atoms with E-state index in [4.69, 9.17) is 4.98 Å². The fraction of sp³-hybridized carbons (Fsp3) is 0. The predicted octanol–water partition coefficient (Wildman–Crippen LogP) is 10.3. The van der Waals surface area contributed by atoms with Gasteiger partial charge >= 0.3 is 0 Å². The van der Waals surface area contributed by atoms with Crippen LogP contribution in [0.4, 0.5) is 0 Å². The molecule has 6 aromatic carbocycles. The smallest absolute Gasteiger partial charge is 0.138 e. The number of aromatic nitrogens is 2. The van der Waals surface area contributed by atoms with E-state index < -0.39 is 0 Å². The number of hydrogen-bond donors (Lipinski definition) is 0. The van der Waals surface area contributed by atoms with Gasteiger partial charge in [0.25, 0.3) is 0 Å². The van der Waals surface area contributed by atoms with Crippen molar-refractivity contribution in [2.45, 2.75) is 0 Å². The third-order valence-corrected chi connectivity index (χ3v) is 8.54. The van der Waals surface area contributed by atoms with Crippen LogP contribution in [0.25, 0.3) is 83.0 Å². The van der Waals surface area contributed by atoms with Crippen molar-refractivity contribution in [2.24, 2.45) is 0 Å². The molecule has 0 saturated carbocycles. The second-order valence-electron chi connectivity index (χ2n) is 10.7. The molecule has 0 saturated heterocycles. The van der Waals surface area contributed by atoms with Crippen LogP contribution in [-0.2, 0) is 0 Å². The maximum absolute atomic E-state index is 5.25. The lowest BCUT2D eigenvalue weighted by Crippen LogP contribution is -1.99. The molecule has 2 heteroatoms. The maximum atomic E-state index is 5.25. The van der Waals surface area contributed by atoms with Crippen molar-refractivity contribution in [3.8, 4) is 50.5 Å². The van der Waals surface area contributed by atoms with Crippen LogP contribution < -0.4 is 0 Å². The van der Waals surface area contributed by atoms with Crippen molar-refractivity contribution >= 4 is 32.6 Å². The first-order valence-corrected chi connectivity index (χ1v) is 14.1. The molecule has 8 aromatic rings. The van der Waals surface area contributed by atoms with E-state index in [0.29, 0.717) is 0 Å². The minimum absolute atomic E-state index is 0.924. The molecule has 0 N–H and O–H groups in total. The zero-order valence-electron chi connectivity index (χ0n) is 22.3. The molecule has 0 spiro atoms. The van der Waals surface area contributed by atoms with Crippen molar-refractivity contribution in [1.82, 2.24) is 9.55 Å². The molecule has 0 bridgehead atoms. The highest BCUT2D eigenvalue weighted by Gasteiger charge is 2.26. The quantitative estimate of drug-likeness (QED) is 0.227. The highest BCUT2D eigenvalue weighted by atomic mass is 15.1. The summed E-state index contributed by atoms with van der Waals surface area (Å²) in [6.07, 6.45) is 0. The molecule has 0 atom stereocenters. The largest absolute Gasteiger partial charge is 0.294 e. The third-order valence-electron chi connectivity index (χ3n) is 8.54. The Kier molecular flexibility index (Phi) is 4.64. The molecule has 1 aliphatic rings. The average molecular weight is 521 g/mol. The molecule has 1 aliphatic carbocycles. The van der Waals surface area contributed by atoms with Gasteiger partial charge in [-0.15, -0.1) is 0 Å². The number of benzene rings is 6. The van der Waals surface area contributed by atoms with Gasteiger partial charge in [-0.1, -0.05) is 121 Å². The SMILES string of the molecule is c1ccc(-c2cccc(-n3c4cccc5c4c4c6c(cccc6c(-c6ccccc6)cc43)-c3ccccc3-5)n2)cc1. The summed E-state index contributed by atoms with van der Waals surface area (Å²) in [6.45, 7) is 0. The summed E-state index contributed by atoms with van der Waals surface area (Å²) in [5.74, 6) is 0.924. The van der Waals surface area contributed by atoms with Crippen molar-refractivity contribution in [3.63, 3.8) is 0 Å². The average Bonchev–Trinajstić information content (AvgIpc) is 3.33. The minimum Gasteiger partial charge on any atom is -0.294 e. The summed E-state index contributed by atoms with van der Waals surface area (Å²) in [4.78, 5) is 5.25. The van der Waals surface area contributed by atoms with Gasteiger partial charge in [0.2, 0.25) is 0 Å². The number of fused-ring (bicyclic) bond motifs is 3. The topological polar surface area (TPSA) is 17.8 Å². The van der Waals surface area contributed by atoms with Crippen molar-refractivity contribution < 1.29 is 0 Å². The van der Waals surface area contributed by atoms with Gasteiger partial charge in [0.15, 0.2) is 0 Å². The van der Waals surface area contributed by atoms with E-state index >= 15 is 0 Å². The molecule has 41 heavy (non-hydrogen) atoms. The Balaban J connectivity index is 1.50. The van der Waals surface area contributed by atoms with Crippen LogP contribution >= 0.6 is 0 Å². The molecule has 2 heterocycles. The maximum Gasteiger partial charge on any atom is 0.138 e. The van der Waals surface area contributed by atoms with E-state index in [1.54, 1.807) is 0 Å². The fourth-order valence-electron chi connectivity index (χ4n) is 6.83. The van der Waals surface area contributed by atoms with Crippen LogP contribution in [0.1, 0.15) is 0 Å². The van der Waals surface area contributed by atoms with Crippen molar-refractivity contribution in [2.75, 3.05) is 0 Å². The van der Waals surface area contributed by atoms with Gasteiger partial charge in [-0.2, -0.15) is 0 Å². The van der Waals surface area contributed by atoms with Gasteiger partial charge in [-0.05, 0) is 63.0 Å². The third kappa shape index (κ3) is 3.16. The standard InChI is InChI=1S/C39H24N2/c1-3-12-25(13-4-1)32-24-35-39-37-29(18-9-19-31(32)37)27-16-7-8-17-28(27)30-20-10-22-34(38(30)39)41(35)36-23-11-21-33(40-36)26-14-5-2-6-15-26/h1-24H. The van der Waals surface area contributed by atoms with Crippen LogP contribution in [0.3, 0.4) is 0 Å². The Bertz CT molecular complexity index is 2290. The normalized spacial score (nSPS) is 11.9. The van der Waals surface area contributed by atoms with Crippen molar-refractivity contribution in [1.29, 1.82) is 0 Å². The molecular formula is C39H24N2. The van der Waals surface area contributed by atoms with Gasteiger partial charge < -0.3 is 0 Å². The Morgan fingerprint density at radius 3 is 1.76 bits per heavy atom. The Hall–Kier alpha value is -5.47. The molecule has 0 fully saturated rings. The van der Waals surface area contributed by atoms with E-state index in [0.717, 1.165) is 17.1 Å². The summed E-state index contributed by atoms with van der Waals surface area (Å²) < 4.78 is 2.37. The summed E-state index contributed by atoms with van der Waals surface area (Å²) >= 11 is 0. The first kappa shape index (κ1) is 22.4. The Morgan fingerprint density at radius 2 is 1.00 bits per heavy atom. The Labute approximate surface area is 237 Å². The summed E-state index contributed by atoms with van der Waals surface area (Å²) in [5.41, 5.74) is 12.0. The molecule has 0 amide bonds. The van der Waals surface area contributed by atoms with Crippen LogP contribution in [-0.4, -0.2) is 9.55 Å². The highest BCUT2D eigenvalue weighted by Crippen LogP contribution is 2.51. The lowest BCUT2D eigenvalue weighted by Gasteiger charge is -2.16. The summed E-state index contributed by atoms with van der Waals surface area (Å²) in [6, 6.07) is 52.3. The molecule has 9 rings (SSSR count).